The molecule has 0 fully saturated rings. The smallest absolute Gasteiger partial charge is 0.258 e. The van der Waals surface area contributed by atoms with Crippen LogP contribution in [0.5, 0.6) is 0 Å². The van der Waals surface area contributed by atoms with Gasteiger partial charge in [0, 0.05) is 0 Å². The molecule has 16 heavy (non-hydrogen) atoms. The molecular weight excluding hydrogens is 211 g/mol. The molecule has 3 heteroatoms. The van der Waals surface area contributed by atoms with Crippen molar-refractivity contribution in [1.29, 1.82) is 0 Å². The van der Waals surface area contributed by atoms with Crippen molar-refractivity contribution >= 4 is 15.6 Å². The molecule has 0 unspecified atom stereocenters. The molecule has 1 aliphatic heterocycles. The van der Waals surface area contributed by atoms with Gasteiger partial charge in [-0.25, -0.2) is 0 Å². The molecule has 0 spiro atoms. The molecule has 0 atom stereocenters. The summed E-state index contributed by atoms with van der Waals surface area (Å²) in [6.07, 6.45) is 2.08. The highest BCUT2D eigenvalue weighted by molar-refractivity contribution is 6.78. The molecule has 1 heterocycles. The van der Waals surface area contributed by atoms with Crippen molar-refractivity contribution in [3.05, 3.63) is 23.8 Å². The maximum absolute atomic E-state index is 6.47. The Kier molecular flexibility index (Phi) is 4.48. The summed E-state index contributed by atoms with van der Waals surface area (Å²) in [5.74, 6) is 5.19. The maximum atomic E-state index is 6.47. The average Bonchev–Trinajstić information content (AvgIpc) is 2.64. The van der Waals surface area contributed by atoms with E-state index in [0.717, 1.165) is 5.76 Å². The van der Waals surface area contributed by atoms with Crippen LogP contribution < -0.4 is 0 Å². The van der Waals surface area contributed by atoms with Crippen LogP contribution in [0.1, 0.15) is 41.5 Å². The molecule has 1 nitrogen and oxygen atoms in total. The number of hydrogen-bond acceptors (Lipinski definition) is 1. The van der Waals surface area contributed by atoms with E-state index in [-0.39, 0.29) is 0 Å². The van der Waals surface area contributed by atoms with Gasteiger partial charge in [-0.2, -0.15) is 0 Å². The van der Waals surface area contributed by atoms with E-state index in [4.69, 9.17) is 4.43 Å². The summed E-state index contributed by atoms with van der Waals surface area (Å²) in [7, 11) is 0.319. The summed E-state index contributed by atoms with van der Waals surface area (Å²) in [6.45, 7) is 13.9. The third kappa shape index (κ3) is 2.45. The van der Waals surface area contributed by atoms with Gasteiger partial charge in [-0.15, -0.1) is 5.98 Å². The predicted molar refractivity (Wildman–Crippen MR) is 75.1 cm³/mol. The minimum Gasteiger partial charge on any atom is -0.544 e. The largest absolute Gasteiger partial charge is 0.544 e. The van der Waals surface area contributed by atoms with Gasteiger partial charge in [0.2, 0.25) is 0 Å². The van der Waals surface area contributed by atoms with Crippen molar-refractivity contribution in [3.8, 4) is 0 Å². The van der Waals surface area contributed by atoms with Crippen LogP contribution >= 0.6 is 0 Å². The topological polar surface area (TPSA) is 9.23 Å². The number of rotatable bonds is 5. The fraction of sp³-hybridized carbons (Fsp3) is 0.692. The van der Waals surface area contributed by atoms with E-state index in [1.54, 1.807) is 0 Å². The lowest BCUT2D eigenvalue weighted by atomic mass is 9.82. The number of hydrogen-bond donors (Lipinski definition) is 0. The Morgan fingerprint density at radius 3 is 1.81 bits per heavy atom. The fourth-order valence-electron chi connectivity index (χ4n) is 2.98. The van der Waals surface area contributed by atoms with E-state index < -0.39 is 8.32 Å². The summed E-state index contributed by atoms with van der Waals surface area (Å²) < 4.78 is 6.47. The molecule has 0 saturated heterocycles. The van der Waals surface area contributed by atoms with E-state index >= 15 is 0 Å². The Balaban J connectivity index is 2.97. The van der Waals surface area contributed by atoms with Gasteiger partial charge in [0.25, 0.3) is 8.32 Å². The first-order valence-corrected chi connectivity index (χ1v) is 8.46. The summed E-state index contributed by atoms with van der Waals surface area (Å²) in [5, 5.41) is 0. The molecule has 0 amide bonds. The third-order valence-corrected chi connectivity index (χ3v) is 9.64. The summed E-state index contributed by atoms with van der Waals surface area (Å²) in [6, 6.07) is 0. The Bertz CT molecular complexity index is 271. The van der Waals surface area contributed by atoms with E-state index in [1.807, 2.05) is 0 Å². The van der Waals surface area contributed by atoms with Crippen molar-refractivity contribution in [2.24, 2.45) is 0 Å². The first-order valence-electron chi connectivity index (χ1n) is 6.32. The van der Waals surface area contributed by atoms with Gasteiger partial charge < -0.3 is 4.43 Å². The van der Waals surface area contributed by atoms with Crippen LogP contribution in [0.15, 0.2) is 23.8 Å². The zero-order valence-electron chi connectivity index (χ0n) is 11.4. The Morgan fingerprint density at radius 2 is 1.50 bits per heavy atom. The quantitative estimate of drug-likeness (QED) is 0.647. The SMILES string of the molecule is CC(C)[Si](OC1=C[B]C=C1)(C(C)C)C(C)C. The Morgan fingerprint density at radius 1 is 1.00 bits per heavy atom. The lowest BCUT2D eigenvalue weighted by molar-refractivity contribution is 0.388. The highest BCUT2D eigenvalue weighted by Gasteiger charge is 2.47. The minimum atomic E-state index is -1.73. The monoisotopic (exact) mass is 235 g/mol. The van der Waals surface area contributed by atoms with Crippen LogP contribution in [0.3, 0.4) is 0 Å². The number of allylic oxidation sites excluding steroid dienone is 1. The average molecular weight is 235 g/mol. The second kappa shape index (κ2) is 5.26. The normalized spacial score (nSPS) is 15.9. The molecule has 89 valence electrons. The summed E-state index contributed by atoms with van der Waals surface area (Å²) in [5.41, 5.74) is 1.92. The molecule has 1 rings (SSSR count). The maximum Gasteiger partial charge on any atom is 0.258 e. The molecule has 1 aliphatic rings. The molecule has 0 N–H and O–H groups in total. The standard InChI is InChI=1S/C13H24BOSi/c1-10(2)16(11(3)4,12(5)6)15-13-7-8-14-9-13/h7-12H,1-6H3. The Hall–Kier alpha value is -0.438. The highest BCUT2D eigenvalue weighted by Crippen LogP contribution is 2.43. The zero-order valence-corrected chi connectivity index (χ0v) is 12.4. The fourth-order valence-corrected chi connectivity index (χ4v) is 8.23. The summed E-state index contributed by atoms with van der Waals surface area (Å²) in [4.78, 5) is 0. The lowest BCUT2D eigenvalue weighted by Gasteiger charge is -2.42. The highest BCUT2D eigenvalue weighted by atomic mass is 28.4. The van der Waals surface area contributed by atoms with Gasteiger partial charge in [0.1, 0.15) is 0 Å². The van der Waals surface area contributed by atoms with Gasteiger partial charge in [-0.3, -0.25) is 0 Å². The van der Waals surface area contributed by atoms with Crippen LogP contribution in [-0.4, -0.2) is 15.6 Å². The van der Waals surface area contributed by atoms with Crippen LogP contribution in [0.2, 0.25) is 16.6 Å². The van der Waals surface area contributed by atoms with Crippen molar-refractivity contribution in [2.45, 2.75) is 58.2 Å². The molecule has 0 aromatic carbocycles. The molecule has 0 aromatic rings. The minimum absolute atomic E-state index is 0.641. The van der Waals surface area contributed by atoms with Crippen molar-refractivity contribution < 1.29 is 4.43 Å². The van der Waals surface area contributed by atoms with E-state index in [2.05, 4.69) is 66.8 Å². The van der Waals surface area contributed by atoms with Gasteiger partial charge in [-0.1, -0.05) is 47.5 Å². The van der Waals surface area contributed by atoms with Crippen molar-refractivity contribution in [2.75, 3.05) is 0 Å². The molecular formula is C13H24BOSi. The first-order chi connectivity index (χ1) is 7.41. The van der Waals surface area contributed by atoms with Gasteiger partial charge in [0.15, 0.2) is 7.28 Å². The van der Waals surface area contributed by atoms with Gasteiger partial charge in [-0.05, 0) is 22.7 Å². The van der Waals surface area contributed by atoms with Gasteiger partial charge in [0.05, 0.1) is 5.76 Å². The van der Waals surface area contributed by atoms with Crippen LogP contribution in [-0.2, 0) is 4.43 Å². The van der Waals surface area contributed by atoms with Crippen LogP contribution in [0, 0.1) is 0 Å². The predicted octanol–water partition coefficient (Wildman–Crippen LogP) is 4.25. The molecule has 1 radical (unpaired) electrons. The van der Waals surface area contributed by atoms with E-state index in [9.17, 15) is 0 Å². The zero-order chi connectivity index (χ0) is 12.3. The molecule has 0 saturated carbocycles. The second-order valence-electron chi connectivity index (χ2n) is 5.54. The van der Waals surface area contributed by atoms with Crippen LogP contribution in [0.4, 0.5) is 0 Å². The second-order valence-corrected chi connectivity index (χ2v) is 10.9. The third-order valence-electron chi connectivity index (χ3n) is 3.63. The molecule has 0 aromatic heterocycles. The summed E-state index contributed by atoms with van der Waals surface area (Å²) >= 11 is 0. The molecule has 0 aliphatic carbocycles. The van der Waals surface area contributed by atoms with E-state index in [1.165, 1.54) is 0 Å². The van der Waals surface area contributed by atoms with E-state index in [0.29, 0.717) is 16.6 Å². The molecule has 0 bridgehead atoms. The first kappa shape index (κ1) is 13.6. The van der Waals surface area contributed by atoms with Crippen molar-refractivity contribution in [1.82, 2.24) is 0 Å². The van der Waals surface area contributed by atoms with Gasteiger partial charge >= 0.3 is 0 Å². The Labute approximate surface area is 102 Å². The van der Waals surface area contributed by atoms with Crippen molar-refractivity contribution in [3.63, 3.8) is 0 Å². The lowest BCUT2D eigenvalue weighted by Crippen LogP contribution is -2.47. The van der Waals surface area contributed by atoms with Crippen LogP contribution in [0.25, 0.3) is 0 Å².